The van der Waals surface area contributed by atoms with Gasteiger partial charge in [-0.1, -0.05) is 78.9 Å². The van der Waals surface area contributed by atoms with Crippen LogP contribution in [0.1, 0.15) is 0 Å². The molecule has 10 aromatic rings. The third-order valence-corrected chi connectivity index (χ3v) is 8.46. The maximum Gasteiger partial charge on any atom is 0.197 e. The molecule has 0 fully saturated rings. The molecule has 10 rings (SSSR count). The lowest BCUT2D eigenvalue weighted by Gasteiger charge is -2.11. The Labute approximate surface area is 243 Å². The van der Waals surface area contributed by atoms with Crippen molar-refractivity contribution in [2.75, 3.05) is 0 Å². The van der Waals surface area contributed by atoms with Gasteiger partial charge in [0.15, 0.2) is 22.8 Å². The zero-order chi connectivity index (χ0) is 28.1. The van der Waals surface area contributed by atoms with Crippen LogP contribution in [0.2, 0.25) is 0 Å². The van der Waals surface area contributed by atoms with E-state index in [9.17, 15) is 0 Å². The molecule has 0 saturated carbocycles. The minimum Gasteiger partial charge on any atom is -0.454 e. The van der Waals surface area contributed by atoms with Crippen LogP contribution in [0.25, 0.3) is 93.9 Å². The van der Waals surface area contributed by atoms with Crippen LogP contribution >= 0.6 is 0 Å². The fourth-order valence-electron chi connectivity index (χ4n) is 6.55. The van der Waals surface area contributed by atoms with Crippen molar-refractivity contribution in [3.63, 3.8) is 0 Å². The predicted molar refractivity (Wildman–Crippen MR) is 172 cm³/mol. The van der Waals surface area contributed by atoms with Gasteiger partial charge in [-0.05, 0) is 36.4 Å². The highest BCUT2D eigenvalue weighted by Crippen LogP contribution is 2.41. The first-order chi connectivity index (χ1) is 21.3. The Balaban J connectivity index is 1.41. The molecule has 43 heavy (non-hydrogen) atoms. The molecule has 0 unspecified atom stereocenters. The summed E-state index contributed by atoms with van der Waals surface area (Å²) in [6.07, 6.45) is 1.96. The normalized spacial score (nSPS) is 12.2. The van der Waals surface area contributed by atoms with Crippen LogP contribution < -0.4 is 0 Å². The Kier molecular flexibility index (Phi) is 4.36. The summed E-state index contributed by atoms with van der Waals surface area (Å²) in [5, 5.41) is 6.17. The molecule has 5 aromatic carbocycles. The van der Waals surface area contributed by atoms with Gasteiger partial charge in [0.1, 0.15) is 22.2 Å². The maximum absolute atomic E-state index is 6.54. The zero-order valence-electron chi connectivity index (χ0n) is 22.7. The van der Waals surface area contributed by atoms with Crippen molar-refractivity contribution in [2.24, 2.45) is 0 Å². The van der Waals surface area contributed by atoms with E-state index in [1.807, 2.05) is 72.9 Å². The first kappa shape index (κ1) is 22.7. The fourth-order valence-corrected chi connectivity index (χ4v) is 6.55. The van der Waals surface area contributed by atoms with Crippen molar-refractivity contribution >= 4 is 76.7 Å². The van der Waals surface area contributed by atoms with E-state index in [0.29, 0.717) is 17.2 Å². The van der Waals surface area contributed by atoms with Gasteiger partial charge in [0.2, 0.25) is 0 Å². The van der Waals surface area contributed by atoms with Gasteiger partial charge in [-0.2, -0.15) is 0 Å². The number of rotatable bonds is 2. The second kappa shape index (κ2) is 8.27. The molecule has 6 nitrogen and oxygen atoms in total. The van der Waals surface area contributed by atoms with E-state index in [4.69, 9.17) is 23.8 Å². The second-order valence-corrected chi connectivity index (χ2v) is 10.8. The average molecular weight is 553 g/mol. The van der Waals surface area contributed by atoms with Crippen molar-refractivity contribution in [1.29, 1.82) is 0 Å². The predicted octanol–water partition coefficient (Wildman–Crippen LogP) is 9.59. The van der Waals surface area contributed by atoms with E-state index in [1.165, 1.54) is 0 Å². The Bertz CT molecular complexity index is 2730. The Morgan fingerprint density at radius 3 is 2.02 bits per heavy atom. The number of fused-ring (bicyclic) bond motifs is 12. The number of pyridine rings is 1. The molecule has 0 N–H and O–H groups in total. The van der Waals surface area contributed by atoms with E-state index >= 15 is 0 Å². The molecule has 0 bridgehead atoms. The molecule has 0 atom stereocenters. The lowest BCUT2D eigenvalue weighted by molar-refractivity contribution is 0.662. The van der Waals surface area contributed by atoms with Gasteiger partial charge in [0.05, 0.1) is 11.0 Å². The molecule has 0 aliphatic heterocycles. The smallest absolute Gasteiger partial charge is 0.197 e. The van der Waals surface area contributed by atoms with Crippen molar-refractivity contribution < 1.29 is 8.83 Å². The second-order valence-electron chi connectivity index (χ2n) is 10.8. The zero-order valence-corrected chi connectivity index (χ0v) is 22.7. The summed E-state index contributed by atoms with van der Waals surface area (Å²) in [7, 11) is 0. The lowest BCUT2D eigenvalue weighted by Crippen LogP contribution is -2.02. The molecule has 5 aromatic heterocycles. The quantitative estimate of drug-likeness (QED) is 0.214. The summed E-state index contributed by atoms with van der Waals surface area (Å²) in [6, 6.07) is 38.9. The van der Waals surface area contributed by atoms with E-state index in [2.05, 4.69) is 53.1 Å². The van der Waals surface area contributed by atoms with Crippen molar-refractivity contribution in [3.05, 3.63) is 121 Å². The molecular formula is C37H20N4O2. The first-order valence-corrected chi connectivity index (χ1v) is 14.2. The van der Waals surface area contributed by atoms with Crippen LogP contribution in [0.4, 0.5) is 0 Å². The summed E-state index contributed by atoms with van der Waals surface area (Å²) in [6.45, 7) is 0. The topological polar surface area (TPSA) is 69.9 Å². The molecule has 200 valence electrons. The largest absolute Gasteiger partial charge is 0.454 e. The molecule has 6 heteroatoms. The maximum atomic E-state index is 6.54. The van der Waals surface area contributed by atoms with Crippen LogP contribution in [-0.4, -0.2) is 19.5 Å². The van der Waals surface area contributed by atoms with Crippen LogP contribution in [-0.2, 0) is 0 Å². The number of hydrogen-bond acceptors (Lipinski definition) is 5. The van der Waals surface area contributed by atoms with Crippen LogP contribution in [0.5, 0.6) is 0 Å². The molecule has 5 heterocycles. The number of benzene rings is 5. The van der Waals surface area contributed by atoms with Crippen molar-refractivity contribution in [3.8, 4) is 17.2 Å². The van der Waals surface area contributed by atoms with Crippen LogP contribution in [0.15, 0.2) is 130 Å². The highest BCUT2D eigenvalue weighted by atomic mass is 16.3. The summed E-state index contributed by atoms with van der Waals surface area (Å²) < 4.78 is 15.2. The van der Waals surface area contributed by atoms with E-state index in [-0.39, 0.29) is 0 Å². The molecule has 0 aliphatic carbocycles. The Hall–Kier alpha value is -6.01. The standard InChI is InChI=1S/C37H20N4O2/c1-2-10-21(11-3-1)36-39-32-25-14-6-9-17-30(25)43-35(32)37(40-36)41-28-15-7-4-12-22(28)27-20-38-31-26(33(27)41)19-18-24-23-13-5-8-16-29(23)42-34(24)31/h1-20H. The summed E-state index contributed by atoms with van der Waals surface area (Å²) in [4.78, 5) is 15.3. The molecule has 0 radical (unpaired) electrons. The first-order valence-electron chi connectivity index (χ1n) is 14.2. The number of hydrogen-bond donors (Lipinski definition) is 0. The van der Waals surface area contributed by atoms with Crippen molar-refractivity contribution in [1.82, 2.24) is 19.5 Å². The molecule has 0 amide bonds. The highest BCUT2D eigenvalue weighted by molar-refractivity contribution is 6.23. The average Bonchev–Trinajstić information content (AvgIpc) is 3.74. The SMILES string of the molecule is c1ccc(-c2nc(-n3c4ccccc4c4cnc5c(ccc6c7ccccc7oc65)c43)c3oc4ccccc4c3n2)cc1. The van der Waals surface area contributed by atoms with E-state index < -0.39 is 0 Å². The Morgan fingerprint density at radius 2 is 1.16 bits per heavy atom. The molecule has 0 saturated heterocycles. The van der Waals surface area contributed by atoms with Gasteiger partial charge < -0.3 is 8.83 Å². The Morgan fingerprint density at radius 1 is 0.488 bits per heavy atom. The van der Waals surface area contributed by atoms with Gasteiger partial charge in [-0.15, -0.1) is 0 Å². The molecular weight excluding hydrogens is 532 g/mol. The summed E-state index contributed by atoms with van der Waals surface area (Å²) >= 11 is 0. The third-order valence-electron chi connectivity index (χ3n) is 8.46. The fraction of sp³-hybridized carbons (Fsp3) is 0. The van der Waals surface area contributed by atoms with Gasteiger partial charge in [-0.25, -0.2) is 9.97 Å². The van der Waals surface area contributed by atoms with E-state index in [0.717, 1.165) is 76.7 Å². The summed E-state index contributed by atoms with van der Waals surface area (Å²) in [5.41, 5.74) is 7.56. The minimum absolute atomic E-state index is 0.637. The third kappa shape index (κ3) is 3.04. The van der Waals surface area contributed by atoms with Gasteiger partial charge in [-0.3, -0.25) is 9.55 Å². The van der Waals surface area contributed by atoms with Gasteiger partial charge in [0, 0.05) is 44.1 Å². The van der Waals surface area contributed by atoms with Crippen LogP contribution in [0.3, 0.4) is 0 Å². The molecule has 0 spiro atoms. The minimum atomic E-state index is 0.637. The van der Waals surface area contributed by atoms with Gasteiger partial charge >= 0.3 is 0 Å². The van der Waals surface area contributed by atoms with E-state index in [1.54, 1.807) is 0 Å². The summed E-state index contributed by atoms with van der Waals surface area (Å²) in [5.74, 6) is 1.32. The lowest BCUT2D eigenvalue weighted by atomic mass is 10.1. The van der Waals surface area contributed by atoms with Gasteiger partial charge in [0.25, 0.3) is 0 Å². The molecule has 0 aliphatic rings. The number of nitrogens with zero attached hydrogens (tertiary/aromatic N) is 4. The monoisotopic (exact) mass is 552 g/mol. The highest BCUT2D eigenvalue weighted by Gasteiger charge is 2.24. The number of aromatic nitrogens is 4. The van der Waals surface area contributed by atoms with Crippen LogP contribution in [0, 0.1) is 0 Å². The number of para-hydroxylation sites is 3. The van der Waals surface area contributed by atoms with Crippen molar-refractivity contribution in [2.45, 2.75) is 0 Å². The number of furan rings is 2.